The summed E-state index contributed by atoms with van der Waals surface area (Å²) >= 11 is 0. The molecule has 1 rings (SSSR count). The van der Waals surface area contributed by atoms with Crippen molar-refractivity contribution < 1.29 is 9.53 Å². The molecule has 3 nitrogen and oxygen atoms in total. The lowest BCUT2D eigenvalue weighted by Gasteiger charge is -2.13. The van der Waals surface area contributed by atoms with Crippen molar-refractivity contribution in [3.63, 3.8) is 0 Å². The van der Waals surface area contributed by atoms with Crippen LogP contribution in [-0.2, 0) is 9.53 Å². The van der Waals surface area contributed by atoms with E-state index in [0.717, 1.165) is 0 Å². The minimum atomic E-state index is -0.300. The van der Waals surface area contributed by atoms with Gasteiger partial charge in [-0.3, -0.25) is 0 Å². The second-order valence-corrected chi connectivity index (χ2v) is 3.71. The highest BCUT2D eigenvalue weighted by Gasteiger charge is 2.09. The number of hydrogen-bond donors (Lipinski definition) is 1. The number of ether oxygens (including phenoxy) is 1. The lowest BCUT2D eigenvalue weighted by atomic mass is 10.1. The van der Waals surface area contributed by atoms with Gasteiger partial charge >= 0.3 is 5.97 Å². The number of esters is 1. The molecule has 1 N–H and O–H groups in total. The standard InChI is InChI=1S/C11H19NO2/c1-14-11(13)8-9-12-10-6-4-2-3-5-7-10/h8-10,12H,2-7H2,1H3/b9-8+. The lowest BCUT2D eigenvalue weighted by molar-refractivity contribution is -0.134. The molecule has 1 saturated carbocycles. The highest BCUT2D eigenvalue weighted by molar-refractivity contribution is 5.81. The molecule has 0 spiro atoms. The average Bonchev–Trinajstić information content (AvgIpc) is 2.46. The van der Waals surface area contributed by atoms with Crippen molar-refractivity contribution in [3.05, 3.63) is 12.3 Å². The summed E-state index contributed by atoms with van der Waals surface area (Å²) in [7, 11) is 1.39. The maximum atomic E-state index is 10.8. The van der Waals surface area contributed by atoms with Gasteiger partial charge in [-0.15, -0.1) is 0 Å². The molecule has 1 aliphatic rings. The Hall–Kier alpha value is -0.990. The topological polar surface area (TPSA) is 38.3 Å². The average molecular weight is 197 g/mol. The fourth-order valence-electron chi connectivity index (χ4n) is 1.77. The van der Waals surface area contributed by atoms with Crippen LogP contribution in [0.15, 0.2) is 12.3 Å². The largest absolute Gasteiger partial charge is 0.466 e. The highest BCUT2D eigenvalue weighted by Crippen LogP contribution is 2.16. The Morgan fingerprint density at radius 1 is 1.29 bits per heavy atom. The molecular formula is C11H19NO2. The molecule has 0 heterocycles. The third-order valence-corrected chi connectivity index (χ3v) is 2.61. The summed E-state index contributed by atoms with van der Waals surface area (Å²) < 4.78 is 4.50. The Morgan fingerprint density at radius 2 is 1.93 bits per heavy atom. The van der Waals surface area contributed by atoms with Crippen LogP contribution in [0.5, 0.6) is 0 Å². The van der Waals surface area contributed by atoms with Gasteiger partial charge in [-0.05, 0) is 12.8 Å². The first-order valence-electron chi connectivity index (χ1n) is 5.33. The van der Waals surface area contributed by atoms with Crippen molar-refractivity contribution in [2.24, 2.45) is 0 Å². The number of nitrogens with one attached hydrogen (secondary N) is 1. The number of hydrogen-bond acceptors (Lipinski definition) is 3. The molecule has 0 aromatic heterocycles. The molecule has 1 fully saturated rings. The van der Waals surface area contributed by atoms with Crippen LogP contribution in [0.1, 0.15) is 38.5 Å². The van der Waals surface area contributed by atoms with Gasteiger partial charge in [0, 0.05) is 18.3 Å². The predicted octanol–water partition coefficient (Wildman–Crippen LogP) is 1.99. The van der Waals surface area contributed by atoms with Crippen molar-refractivity contribution in [1.82, 2.24) is 5.32 Å². The quantitative estimate of drug-likeness (QED) is 0.427. The Labute approximate surface area is 85.5 Å². The molecule has 14 heavy (non-hydrogen) atoms. The van der Waals surface area contributed by atoms with Crippen LogP contribution >= 0.6 is 0 Å². The van der Waals surface area contributed by atoms with E-state index in [2.05, 4.69) is 10.1 Å². The maximum Gasteiger partial charge on any atom is 0.331 e. The predicted molar refractivity (Wildman–Crippen MR) is 55.8 cm³/mol. The zero-order valence-electron chi connectivity index (χ0n) is 8.79. The molecule has 0 atom stereocenters. The third-order valence-electron chi connectivity index (χ3n) is 2.61. The summed E-state index contributed by atoms with van der Waals surface area (Å²) in [5.74, 6) is -0.300. The maximum absolute atomic E-state index is 10.8. The van der Waals surface area contributed by atoms with Crippen LogP contribution in [0.3, 0.4) is 0 Å². The zero-order chi connectivity index (χ0) is 10.2. The number of methoxy groups -OCH3 is 1. The molecule has 3 heteroatoms. The first-order valence-corrected chi connectivity index (χ1v) is 5.33. The summed E-state index contributed by atoms with van der Waals surface area (Å²) in [6.07, 6.45) is 10.9. The number of carbonyl (C=O) groups is 1. The third kappa shape index (κ3) is 4.30. The summed E-state index contributed by atoms with van der Waals surface area (Å²) in [4.78, 5) is 10.8. The van der Waals surface area contributed by atoms with Gasteiger partial charge in [0.2, 0.25) is 0 Å². The van der Waals surface area contributed by atoms with Gasteiger partial charge < -0.3 is 10.1 Å². The Balaban J connectivity index is 2.21. The van der Waals surface area contributed by atoms with Crippen molar-refractivity contribution in [2.45, 2.75) is 44.6 Å². The van der Waals surface area contributed by atoms with Gasteiger partial charge in [0.25, 0.3) is 0 Å². The van der Waals surface area contributed by atoms with Crippen molar-refractivity contribution in [3.8, 4) is 0 Å². The van der Waals surface area contributed by atoms with E-state index in [1.807, 2.05) is 0 Å². The second kappa shape index (κ2) is 6.46. The normalized spacial score (nSPS) is 19.2. The molecule has 0 aromatic rings. The van der Waals surface area contributed by atoms with Crippen LogP contribution in [0.4, 0.5) is 0 Å². The van der Waals surface area contributed by atoms with Crippen LogP contribution in [0.2, 0.25) is 0 Å². The summed E-state index contributed by atoms with van der Waals surface area (Å²) in [5, 5.41) is 3.25. The molecule has 0 radical (unpaired) electrons. The van der Waals surface area contributed by atoms with Crippen LogP contribution in [0.25, 0.3) is 0 Å². The molecule has 0 bridgehead atoms. The minimum Gasteiger partial charge on any atom is -0.466 e. The molecule has 0 aromatic carbocycles. The highest BCUT2D eigenvalue weighted by atomic mass is 16.5. The number of carbonyl (C=O) groups excluding carboxylic acids is 1. The summed E-state index contributed by atoms with van der Waals surface area (Å²) in [6, 6.07) is 0.540. The Bertz CT molecular complexity index is 193. The minimum absolute atomic E-state index is 0.300. The second-order valence-electron chi connectivity index (χ2n) is 3.71. The monoisotopic (exact) mass is 197 g/mol. The fraction of sp³-hybridized carbons (Fsp3) is 0.727. The fourth-order valence-corrected chi connectivity index (χ4v) is 1.77. The van der Waals surface area contributed by atoms with E-state index in [9.17, 15) is 4.79 Å². The van der Waals surface area contributed by atoms with Gasteiger partial charge in [0.1, 0.15) is 0 Å². The SMILES string of the molecule is COC(=O)/C=C/NC1CCCCCC1. The van der Waals surface area contributed by atoms with Gasteiger partial charge in [-0.1, -0.05) is 25.7 Å². The van der Waals surface area contributed by atoms with Gasteiger partial charge in [-0.2, -0.15) is 0 Å². The van der Waals surface area contributed by atoms with Crippen LogP contribution < -0.4 is 5.32 Å². The van der Waals surface area contributed by atoms with E-state index in [1.165, 1.54) is 51.7 Å². The van der Waals surface area contributed by atoms with E-state index in [-0.39, 0.29) is 5.97 Å². The van der Waals surface area contributed by atoms with Crippen molar-refractivity contribution in [1.29, 1.82) is 0 Å². The van der Waals surface area contributed by atoms with E-state index in [4.69, 9.17) is 0 Å². The Morgan fingerprint density at radius 3 is 2.50 bits per heavy atom. The van der Waals surface area contributed by atoms with Gasteiger partial charge in [0.05, 0.1) is 7.11 Å². The van der Waals surface area contributed by atoms with Crippen LogP contribution in [-0.4, -0.2) is 19.1 Å². The van der Waals surface area contributed by atoms with E-state index >= 15 is 0 Å². The van der Waals surface area contributed by atoms with Crippen molar-refractivity contribution >= 4 is 5.97 Å². The van der Waals surface area contributed by atoms with Gasteiger partial charge in [0.15, 0.2) is 0 Å². The van der Waals surface area contributed by atoms with E-state index in [1.54, 1.807) is 6.20 Å². The van der Waals surface area contributed by atoms with Crippen molar-refractivity contribution in [2.75, 3.05) is 7.11 Å². The zero-order valence-corrected chi connectivity index (χ0v) is 8.79. The smallest absolute Gasteiger partial charge is 0.331 e. The molecule has 0 saturated heterocycles. The summed E-state index contributed by atoms with van der Waals surface area (Å²) in [5.41, 5.74) is 0. The molecular weight excluding hydrogens is 178 g/mol. The number of rotatable bonds is 3. The summed E-state index contributed by atoms with van der Waals surface area (Å²) in [6.45, 7) is 0. The Kier molecular flexibility index (Phi) is 5.12. The van der Waals surface area contributed by atoms with E-state index < -0.39 is 0 Å². The first kappa shape index (κ1) is 11.1. The molecule has 0 aliphatic heterocycles. The molecule has 1 aliphatic carbocycles. The lowest BCUT2D eigenvalue weighted by Crippen LogP contribution is -2.23. The molecule has 0 unspecified atom stereocenters. The molecule has 80 valence electrons. The first-order chi connectivity index (χ1) is 6.83. The molecule has 0 amide bonds. The van der Waals surface area contributed by atoms with Crippen LogP contribution in [0, 0.1) is 0 Å². The van der Waals surface area contributed by atoms with Gasteiger partial charge in [-0.25, -0.2) is 4.79 Å². The van der Waals surface area contributed by atoms with E-state index in [0.29, 0.717) is 6.04 Å².